The van der Waals surface area contributed by atoms with Crippen molar-refractivity contribution >= 4 is 21.8 Å². The van der Waals surface area contributed by atoms with Gasteiger partial charge >= 0.3 is 0 Å². The van der Waals surface area contributed by atoms with Crippen molar-refractivity contribution in [1.29, 1.82) is 0 Å². The number of hydrogen-bond acceptors (Lipinski definition) is 3. The van der Waals surface area contributed by atoms with Gasteiger partial charge in [0, 0.05) is 24.9 Å². The lowest BCUT2D eigenvalue weighted by Crippen LogP contribution is -2.30. The van der Waals surface area contributed by atoms with Crippen molar-refractivity contribution in [3.63, 3.8) is 0 Å². The SMILES string of the molecule is O=C(NCC1(CCO)CC1)c1ccnc(Br)c1. The summed E-state index contributed by atoms with van der Waals surface area (Å²) < 4.78 is 0.654. The summed E-state index contributed by atoms with van der Waals surface area (Å²) in [6, 6.07) is 3.38. The second-order valence-electron chi connectivity index (χ2n) is 4.52. The first kappa shape index (κ1) is 12.5. The third-order valence-corrected chi connectivity index (χ3v) is 3.65. The minimum Gasteiger partial charge on any atom is -0.396 e. The van der Waals surface area contributed by atoms with Gasteiger partial charge in [-0.3, -0.25) is 4.79 Å². The number of hydrogen-bond donors (Lipinski definition) is 2. The minimum atomic E-state index is -0.0858. The fourth-order valence-corrected chi connectivity index (χ4v) is 2.21. The quantitative estimate of drug-likeness (QED) is 0.814. The number of nitrogens with one attached hydrogen (secondary N) is 1. The smallest absolute Gasteiger partial charge is 0.251 e. The van der Waals surface area contributed by atoms with Gasteiger partial charge in [-0.25, -0.2) is 4.98 Å². The van der Waals surface area contributed by atoms with Crippen molar-refractivity contribution in [2.45, 2.75) is 19.3 Å². The van der Waals surface area contributed by atoms with Crippen LogP contribution in [0.15, 0.2) is 22.9 Å². The van der Waals surface area contributed by atoms with Crippen LogP contribution in [0.1, 0.15) is 29.6 Å². The summed E-state index contributed by atoms with van der Waals surface area (Å²) in [7, 11) is 0. The van der Waals surface area contributed by atoms with Crippen LogP contribution in [0.25, 0.3) is 0 Å². The molecule has 1 saturated carbocycles. The van der Waals surface area contributed by atoms with Crippen LogP contribution in [-0.2, 0) is 0 Å². The molecule has 17 heavy (non-hydrogen) atoms. The zero-order valence-electron chi connectivity index (χ0n) is 9.45. The Balaban J connectivity index is 1.90. The molecule has 2 rings (SSSR count). The highest BCUT2D eigenvalue weighted by molar-refractivity contribution is 9.10. The van der Waals surface area contributed by atoms with Gasteiger partial charge in [0.1, 0.15) is 4.60 Å². The summed E-state index contributed by atoms with van der Waals surface area (Å²) in [6.07, 6.45) is 4.55. The summed E-state index contributed by atoms with van der Waals surface area (Å²) in [5.41, 5.74) is 0.751. The lowest BCUT2D eigenvalue weighted by molar-refractivity contribution is 0.0940. The molecule has 4 nitrogen and oxygen atoms in total. The monoisotopic (exact) mass is 298 g/mol. The third-order valence-electron chi connectivity index (χ3n) is 3.21. The van der Waals surface area contributed by atoms with E-state index in [1.807, 2.05) is 0 Å². The Morgan fingerprint density at radius 2 is 2.35 bits per heavy atom. The standard InChI is InChI=1S/C12H15BrN2O2/c13-10-7-9(1-5-14-10)11(17)15-8-12(2-3-12)4-6-16/h1,5,7,16H,2-4,6,8H2,(H,15,17). The maximum absolute atomic E-state index is 11.9. The molecule has 92 valence electrons. The zero-order chi connectivity index (χ0) is 12.3. The Hall–Kier alpha value is -0.940. The molecule has 0 bridgehead atoms. The molecule has 1 amide bonds. The van der Waals surface area contributed by atoms with Crippen LogP contribution in [-0.4, -0.2) is 29.1 Å². The maximum Gasteiger partial charge on any atom is 0.251 e. The molecule has 1 aromatic rings. The maximum atomic E-state index is 11.9. The second kappa shape index (κ2) is 5.14. The lowest BCUT2D eigenvalue weighted by atomic mass is 10.0. The number of aromatic nitrogens is 1. The van der Waals surface area contributed by atoms with E-state index in [1.54, 1.807) is 18.3 Å². The van der Waals surface area contributed by atoms with Crippen LogP contribution in [0.2, 0.25) is 0 Å². The molecule has 1 aliphatic carbocycles. The normalized spacial score (nSPS) is 16.6. The summed E-state index contributed by atoms with van der Waals surface area (Å²) >= 11 is 3.23. The zero-order valence-corrected chi connectivity index (χ0v) is 11.0. The molecule has 5 heteroatoms. The highest BCUT2D eigenvalue weighted by atomic mass is 79.9. The van der Waals surface area contributed by atoms with Gasteiger partial charge in [-0.2, -0.15) is 0 Å². The lowest BCUT2D eigenvalue weighted by Gasteiger charge is -2.14. The van der Waals surface area contributed by atoms with Gasteiger partial charge < -0.3 is 10.4 Å². The van der Waals surface area contributed by atoms with Crippen molar-refractivity contribution in [2.75, 3.05) is 13.2 Å². The fraction of sp³-hybridized carbons (Fsp3) is 0.500. The van der Waals surface area contributed by atoms with E-state index < -0.39 is 0 Å². The molecule has 0 aliphatic heterocycles. The first-order chi connectivity index (χ1) is 8.15. The average Bonchev–Trinajstić information content (AvgIpc) is 3.07. The summed E-state index contributed by atoms with van der Waals surface area (Å²) in [4.78, 5) is 15.8. The molecule has 1 heterocycles. The Bertz CT molecular complexity index is 419. The van der Waals surface area contributed by atoms with E-state index in [0.717, 1.165) is 19.3 Å². The van der Waals surface area contributed by atoms with Crippen LogP contribution >= 0.6 is 15.9 Å². The van der Waals surface area contributed by atoms with Gasteiger partial charge in [0.05, 0.1) is 0 Å². The number of aliphatic hydroxyl groups excluding tert-OH is 1. The van der Waals surface area contributed by atoms with E-state index in [1.165, 1.54) is 0 Å². The van der Waals surface area contributed by atoms with Gasteiger partial charge in [-0.05, 0) is 52.7 Å². The predicted octanol–water partition coefficient (Wildman–Crippen LogP) is 1.74. The first-order valence-electron chi connectivity index (χ1n) is 5.66. The van der Waals surface area contributed by atoms with Crippen LogP contribution in [0, 0.1) is 5.41 Å². The Morgan fingerprint density at radius 1 is 1.59 bits per heavy atom. The van der Waals surface area contributed by atoms with Crippen molar-refractivity contribution < 1.29 is 9.90 Å². The number of carbonyl (C=O) groups is 1. The number of carbonyl (C=O) groups excluding carboxylic acids is 1. The molecule has 2 N–H and O–H groups in total. The van der Waals surface area contributed by atoms with Crippen LogP contribution in [0.4, 0.5) is 0 Å². The Morgan fingerprint density at radius 3 is 2.94 bits per heavy atom. The summed E-state index contributed by atoms with van der Waals surface area (Å²) in [5, 5.41) is 11.8. The van der Waals surface area contributed by atoms with Crippen LogP contribution in [0.5, 0.6) is 0 Å². The highest BCUT2D eigenvalue weighted by Gasteiger charge is 2.41. The third kappa shape index (κ3) is 3.26. The van der Waals surface area contributed by atoms with Gasteiger partial charge in [0.25, 0.3) is 5.91 Å². The Labute approximate surface area is 109 Å². The van der Waals surface area contributed by atoms with E-state index in [2.05, 4.69) is 26.2 Å². The number of nitrogens with zero attached hydrogens (tertiary/aromatic N) is 1. The van der Waals surface area contributed by atoms with E-state index >= 15 is 0 Å². The van der Waals surface area contributed by atoms with Crippen LogP contribution in [0.3, 0.4) is 0 Å². The number of pyridine rings is 1. The van der Waals surface area contributed by atoms with Gasteiger partial charge in [-0.1, -0.05) is 0 Å². The van der Waals surface area contributed by atoms with Gasteiger partial charge in [0.2, 0.25) is 0 Å². The van der Waals surface area contributed by atoms with E-state index in [9.17, 15) is 4.79 Å². The molecule has 1 fully saturated rings. The molecule has 0 atom stereocenters. The van der Waals surface area contributed by atoms with Crippen molar-refractivity contribution in [1.82, 2.24) is 10.3 Å². The topological polar surface area (TPSA) is 62.2 Å². The molecule has 0 unspecified atom stereocenters. The molecule has 1 aromatic heterocycles. The molecule has 1 aliphatic rings. The molecular weight excluding hydrogens is 284 g/mol. The highest BCUT2D eigenvalue weighted by Crippen LogP contribution is 2.47. The van der Waals surface area contributed by atoms with Crippen molar-refractivity contribution in [3.8, 4) is 0 Å². The molecule has 0 radical (unpaired) electrons. The number of halogens is 1. The van der Waals surface area contributed by atoms with Gasteiger partial charge in [-0.15, -0.1) is 0 Å². The number of aliphatic hydroxyl groups is 1. The minimum absolute atomic E-state index is 0.0858. The molecule has 0 aromatic carbocycles. The number of amides is 1. The number of rotatable bonds is 5. The summed E-state index contributed by atoms with van der Waals surface area (Å²) in [6.45, 7) is 0.836. The predicted molar refractivity (Wildman–Crippen MR) is 67.6 cm³/mol. The first-order valence-corrected chi connectivity index (χ1v) is 6.45. The molecule has 0 spiro atoms. The second-order valence-corrected chi connectivity index (χ2v) is 5.34. The molecular formula is C12H15BrN2O2. The van der Waals surface area contributed by atoms with Crippen molar-refractivity contribution in [3.05, 3.63) is 28.5 Å². The van der Waals surface area contributed by atoms with Crippen molar-refractivity contribution in [2.24, 2.45) is 5.41 Å². The summed E-state index contributed by atoms with van der Waals surface area (Å²) in [5.74, 6) is -0.0858. The van der Waals surface area contributed by atoms with E-state index in [-0.39, 0.29) is 17.9 Å². The molecule has 0 saturated heterocycles. The Kier molecular flexibility index (Phi) is 3.79. The van der Waals surface area contributed by atoms with Gasteiger partial charge in [0.15, 0.2) is 0 Å². The average molecular weight is 299 g/mol. The fourth-order valence-electron chi connectivity index (χ4n) is 1.84. The largest absolute Gasteiger partial charge is 0.396 e. The van der Waals surface area contributed by atoms with E-state index in [0.29, 0.717) is 16.7 Å². The van der Waals surface area contributed by atoms with E-state index in [4.69, 9.17) is 5.11 Å². The van der Waals surface area contributed by atoms with Crippen LogP contribution < -0.4 is 5.32 Å².